The maximum absolute atomic E-state index is 12.8. The van der Waals surface area contributed by atoms with Gasteiger partial charge in [0, 0.05) is 19.3 Å². The first-order valence-electron chi connectivity index (χ1n) is 8.20. The van der Waals surface area contributed by atoms with Gasteiger partial charge in [-0.3, -0.25) is 9.59 Å². The van der Waals surface area contributed by atoms with E-state index in [9.17, 15) is 9.59 Å². The van der Waals surface area contributed by atoms with Gasteiger partial charge < -0.3 is 10.2 Å². The maximum atomic E-state index is 12.8. The van der Waals surface area contributed by atoms with Crippen molar-refractivity contribution in [1.82, 2.24) is 5.32 Å². The van der Waals surface area contributed by atoms with Crippen LogP contribution in [0.25, 0.3) is 0 Å². The Bertz CT molecular complexity index is 751. The predicted molar refractivity (Wildman–Crippen MR) is 94.5 cm³/mol. The summed E-state index contributed by atoms with van der Waals surface area (Å²) >= 11 is 0. The molecular weight excluding hydrogens is 300 g/mol. The Balaban J connectivity index is 1.66. The van der Waals surface area contributed by atoms with Gasteiger partial charge in [-0.2, -0.15) is 0 Å². The van der Waals surface area contributed by atoms with E-state index >= 15 is 0 Å². The Morgan fingerprint density at radius 3 is 2.42 bits per heavy atom. The minimum absolute atomic E-state index is 0.129. The molecule has 0 radical (unpaired) electrons. The molecule has 1 aliphatic carbocycles. The van der Waals surface area contributed by atoms with E-state index in [1.807, 2.05) is 61.5 Å². The molecule has 0 aromatic heterocycles. The van der Waals surface area contributed by atoms with Crippen molar-refractivity contribution in [3.63, 3.8) is 0 Å². The van der Waals surface area contributed by atoms with Crippen LogP contribution in [0.4, 0.5) is 5.69 Å². The molecule has 1 saturated carbocycles. The normalized spacial score (nSPS) is 14.8. The van der Waals surface area contributed by atoms with Crippen molar-refractivity contribution in [3.8, 4) is 0 Å². The van der Waals surface area contributed by atoms with Gasteiger partial charge in [0.1, 0.15) is 5.41 Å². The molecule has 124 valence electrons. The molecule has 1 fully saturated rings. The summed E-state index contributed by atoms with van der Waals surface area (Å²) in [6.07, 6.45) is 1.23. The summed E-state index contributed by atoms with van der Waals surface area (Å²) in [6, 6.07) is 17.4. The molecule has 2 amide bonds. The van der Waals surface area contributed by atoms with Gasteiger partial charge in [-0.05, 0) is 37.5 Å². The third-order valence-electron chi connectivity index (χ3n) is 4.58. The standard InChI is InChI=1S/C20H22N2O2/c1-15-7-6-8-16(13-15)14-21-18(23)20(11-12-20)19(24)22(2)17-9-4-3-5-10-17/h3-10,13H,11-12,14H2,1-2H3,(H,21,23). The number of amides is 2. The van der Waals surface area contributed by atoms with E-state index in [4.69, 9.17) is 0 Å². The molecule has 0 saturated heterocycles. The minimum Gasteiger partial charge on any atom is -0.351 e. The van der Waals surface area contributed by atoms with Gasteiger partial charge in [0.05, 0.1) is 0 Å². The number of carbonyl (C=O) groups excluding carboxylic acids is 2. The van der Waals surface area contributed by atoms with Gasteiger partial charge in [0.25, 0.3) is 0 Å². The highest BCUT2D eigenvalue weighted by atomic mass is 16.2. The number of nitrogens with zero attached hydrogens (tertiary/aromatic N) is 1. The molecule has 3 rings (SSSR count). The number of benzene rings is 2. The fraction of sp³-hybridized carbons (Fsp3) is 0.300. The van der Waals surface area contributed by atoms with Crippen LogP contribution in [0.1, 0.15) is 24.0 Å². The first-order valence-corrected chi connectivity index (χ1v) is 8.20. The summed E-state index contributed by atoms with van der Waals surface area (Å²) in [5.74, 6) is -0.299. The molecule has 0 atom stereocenters. The lowest BCUT2D eigenvalue weighted by atomic mass is 10.0. The predicted octanol–water partition coefficient (Wildman–Crippen LogP) is 3.05. The van der Waals surface area contributed by atoms with Gasteiger partial charge in [0.2, 0.25) is 11.8 Å². The third kappa shape index (κ3) is 3.18. The molecule has 2 aromatic rings. The summed E-state index contributed by atoms with van der Waals surface area (Å²) in [5.41, 5.74) is 2.11. The Morgan fingerprint density at radius 1 is 1.08 bits per heavy atom. The summed E-state index contributed by atoms with van der Waals surface area (Å²) in [7, 11) is 1.73. The van der Waals surface area contributed by atoms with E-state index in [2.05, 4.69) is 5.32 Å². The van der Waals surface area contributed by atoms with E-state index in [1.165, 1.54) is 0 Å². The fourth-order valence-electron chi connectivity index (χ4n) is 2.93. The highest BCUT2D eigenvalue weighted by Crippen LogP contribution is 2.47. The number of anilines is 1. The number of hydrogen-bond acceptors (Lipinski definition) is 2. The minimum atomic E-state index is -0.894. The van der Waals surface area contributed by atoms with Crippen molar-refractivity contribution in [1.29, 1.82) is 0 Å². The highest BCUT2D eigenvalue weighted by molar-refractivity contribution is 6.13. The van der Waals surface area contributed by atoms with Crippen molar-refractivity contribution in [3.05, 3.63) is 65.7 Å². The van der Waals surface area contributed by atoms with Crippen molar-refractivity contribution in [2.24, 2.45) is 5.41 Å². The van der Waals surface area contributed by atoms with Crippen LogP contribution < -0.4 is 10.2 Å². The highest BCUT2D eigenvalue weighted by Gasteiger charge is 2.57. The van der Waals surface area contributed by atoms with Crippen LogP contribution in [0.5, 0.6) is 0 Å². The Hall–Kier alpha value is -2.62. The Morgan fingerprint density at radius 2 is 1.79 bits per heavy atom. The average molecular weight is 322 g/mol. The van der Waals surface area contributed by atoms with Gasteiger partial charge in [-0.15, -0.1) is 0 Å². The quantitative estimate of drug-likeness (QED) is 0.860. The lowest BCUT2D eigenvalue weighted by molar-refractivity contribution is -0.135. The summed E-state index contributed by atoms with van der Waals surface area (Å²) in [4.78, 5) is 27.0. The van der Waals surface area contributed by atoms with Gasteiger partial charge in [-0.1, -0.05) is 48.0 Å². The van der Waals surface area contributed by atoms with Crippen LogP contribution in [-0.4, -0.2) is 18.9 Å². The van der Waals surface area contributed by atoms with E-state index in [-0.39, 0.29) is 11.8 Å². The average Bonchev–Trinajstić information content (AvgIpc) is 3.41. The molecule has 1 N–H and O–H groups in total. The van der Waals surface area contributed by atoms with Crippen LogP contribution in [0.15, 0.2) is 54.6 Å². The van der Waals surface area contributed by atoms with Gasteiger partial charge in [-0.25, -0.2) is 0 Å². The van der Waals surface area contributed by atoms with E-state index in [1.54, 1.807) is 11.9 Å². The van der Waals surface area contributed by atoms with Gasteiger partial charge in [0.15, 0.2) is 0 Å². The molecule has 0 heterocycles. The first-order chi connectivity index (χ1) is 11.5. The van der Waals surface area contributed by atoms with E-state index in [0.717, 1.165) is 16.8 Å². The van der Waals surface area contributed by atoms with E-state index in [0.29, 0.717) is 19.4 Å². The molecule has 4 nitrogen and oxygen atoms in total. The molecule has 2 aromatic carbocycles. The number of para-hydroxylation sites is 1. The molecule has 0 unspecified atom stereocenters. The van der Waals surface area contributed by atoms with Crippen LogP contribution in [0, 0.1) is 12.3 Å². The summed E-state index contributed by atoms with van der Waals surface area (Å²) < 4.78 is 0. The SMILES string of the molecule is Cc1cccc(CNC(=O)C2(C(=O)N(C)c3ccccc3)CC2)c1. The topological polar surface area (TPSA) is 49.4 Å². The van der Waals surface area contributed by atoms with E-state index < -0.39 is 5.41 Å². The molecule has 1 aliphatic rings. The molecular formula is C20H22N2O2. The fourth-order valence-corrected chi connectivity index (χ4v) is 2.93. The molecule has 4 heteroatoms. The number of nitrogens with one attached hydrogen (secondary N) is 1. The van der Waals surface area contributed by atoms with Crippen LogP contribution in [-0.2, 0) is 16.1 Å². The zero-order valence-electron chi connectivity index (χ0n) is 14.1. The molecule has 0 bridgehead atoms. The molecule has 0 aliphatic heterocycles. The lowest BCUT2D eigenvalue weighted by Gasteiger charge is -2.23. The molecule has 24 heavy (non-hydrogen) atoms. The van der Waals surface area contributed by atoms with Crippen molar-refractivity contribution in [2.45, 2.75) is 26.3 Å². The van der Waals surface area contributed by atoms with Crippen LogP contribution in [0.2, 0.25) is 0 Å². The summed E-state index contributed by atoms with van der Waals surface area (Å²) in [6.45, 7) is 2.47. The zero-order chi connectivity index (χ0) is 17.2. The largest absolute Gasteiger partial charge is 0.351 e. The third-order valence-corrected chi connectivity index (χ3v) is 4.58. The van der Waals surface area contributed by atoms with Crippen molar-refractivity contribution in [2.75, 3.05) is 11.9 Å². The number of carbonyl (C=O) groups is 2. The Kier molecular flexibility index (Phi) is 4.38. The Labute approximate surface area is 142 Å². The zero-order valence-corrected chi connectivity index (χ0v) is 14.1. The maximum Gasteiger partial charge on any atom is 0.242 e. The van der Waals surface area contributed by atoms with Gasteiger partial charge >= 0.3 is 0 Å². The summed E-state index contributed by atoms with van der Waals surface area (Å²) in [5, 5.41) is 2.93. The van der Waals surface area contributed by atoms with Crippen LogP contribution in [0.3, 0.4) is 0 Å². The smallest absolute Gasteiger partial charge is 0.242 e. The second-order valence-corrected chi connectivity index (χ2v) is 6.45. The lowest BCUT2D eigenvalue weighted by Crippen LogP contribution is -2.43. The first kappa shape index (κ1) is 16.2. The monoisotopic (exact) mass is 322 g/mol. The second kappa shape index (κ2) is 6.48. The number of aryl methyl sites for hydroxylation is 1. The number of rotatable bonds is 5. The molecule has 0 spiro atoms. The second-order valence-electron chi connectivity index (χ2n) is 6.45. The van der Waals surface area contributed by atoms with Crippen molar-refractivity contribution < 1.29 is 9.59 Å². The van der Waals surface area contributed by atoms with Crippen LogP contribution >= 0.6 is 0 Å². The van der Waals surface area contributed by atoms with Crippen molar-refractivity contribution >= 4 is 17.5 Å². The number of hydrogen-bond donors (Lipinski definition) is 1.